The Hall–Kier alpha value is 0.526. The van der Waals surface area contributed by atoms with E-state index in [1.54, 1.807) is 0 Å². The predicted molar refractivity (Wildman–Crippen MR) is 108 cm³/mol. The van der Waals surface area contributed by atoms with Crippen molar-refractivity contribution in [3.63, 3.8) is 0 Å². The minimum Gasteiger partial charge on any atom is -0.281 e. The standard InChI is InChI=1S/C7F7.3C3H9P.Co/c8-2-1-3(9)6(11)4(5(2)10)7(12,13)14;3*1-4(2)3;/h;3*1-3H3;/q-1;;;;/p+3. The zero-order valence-corrected chi connectivity index (χ0v) is 21.0. The van der Waals surface area contributed by atoms with Gasteiger partial charge in [0.25, 0.3) is 0 Å². The fourth-order valence-electron chi connectivity index (χ4n) is 0.771. The maximum atomic E-state index is 12.4. The Morgan fingerprint density at radius 3 is 0.926 bits per heavy atom. The molecule has 0 atom stereocenters. The fraction of sp³-hybridized carbons (Fsp3) is 0.625. The molecule has 0 aliphatic rings. The third-order valence-electron chi connectivity index (χ3n) is 1.33. The van der Waals surface area contributed by atoms with E-state index >= 15 is 0 Å². The summed E-state index contributed by atoms with van der Waals surface area (Å²) < 4.78 is 84.8. The smallest absolute Gasteiger partial charge is 0.281 e. The maximum Gasteiger partial charge on any atom is 0.400 e. The second-order valence-electron chi connectivity index (χ2n) is 6.75. The number of hydrogen-bond donors (Lipinski definition) is 0. The third-order valence-corrected chi connectivity index (χ3v) is 1.33. The Morgan fingerprint density at radius 1 is 0.593 bits per heavy atom. The molecule has 0 nitrogen and oxygen atoms in total. The van der Waals surface area contributed by atoms with E-state index in [2.05, 4.69) is 60.0 Å². The molecule has 1 aromatic rings. The number of halogens is 7. The molecule has 0 aliphatic carbocycles. The van der Waals surface area contributed by atoms with Crippen molar-refractivity contribution in [1.29, 1.82) is 0 Å². The van der Waals surface area contributed by atoms with Crippen LogP contribution in [-0.4, -0.2) is 60.0 Å². The molecule has 1 aromatic carbocycles. The molecule has 11 heteroatoms. The van der Waals surface area contributed by atoms with Crippen LogP contribution >= 0.6 is 23.8 Å². The topological polar surface area (TPSA) is 0 Å². The van der Waals surface area contributed by atoms with E-state index in [4.69, 9.17) is 0 Å². The van der Waals surface area contributed by atoms with Gasteiger partial charge in [-0.25, -0.2) is 8.78 Å². The summed E-state index contributed by atoms with van der Waals surface area (Å²) in [6.45, 7) is 20.4. The molecule has 0 saturated carbocycles. The summed E-state index contributed by atoms with van der Waals surface area (Å²) in [5, 5.41) is 0. The van der Waals surface area contributed by atoms with Crippen molar-refractivity contribution in [1.82, 2.24) is 0 Å². The Labute approximate surface area is 172 Å². The van der Waals surface area contributed by atoms with Crippen molar-refractivity contribution in [3.8, 4) is 0 Å². The fourth-order valence-corrected chi connectivity index (χ4v) is 0.771. The summed E-state index contributed by atoms with van der Waals surface area (Å²) in [5.74, 6) is -9.43. The van der Waals surface area contributed by atoms with E-state index in [1.807, 2.05) is 0 Å². The van der Waals surface area contributed by atoms with Gasteiger partial charge >= 0.3 is 6.18 Å². The van der Waals surface area contributed by atoms with E-state index in [9.17, 15) is 30.7 Å². The van der Waals surface area contributed by atoms with Gasteiger partial charge in [0.1, 0.15) is 0 Å². The Morgan fingerprint density at radius 2 is 0.778 bits per heavy atom. The summed E-state index contributed by atoms with van der Waals surface area (Å²) in [6, 6.07) is 0.836. The van der Waals surface area contributed by atoms with Crippen LogP contribution in [0.2, 0.25) is 0 Å². The predicted octanol–water partition coefficient (Wildman–Crippen LogP) is 6.33. The molecule has 1 radical (unpaired) electrons. The van der Waals surface area contributed by atoms with Crippen LogP contribution in [0.3, 0.4) is 0 Å². The van der Waals surface area contributed by atoms with Gasteiger partial charge in [-0.3, -0.25) is 8.78 Å². The Bertz CT molecular complexity index is 459. The molecule has 1 rings (SSSR count). The van der Waals surface area contributed by atoms with Gasteiger partial charge in [0.15, 0.2) is 0 Å². The van der Waals surface area contributed by atoms with Gasteiger partial charge in [-0.2, -0.15) is 13.2 Å². The SMILES string of the molecule is C[PH+](C)C.C[PH+](C)C.C[PH+](C)C.Fc1[c-]c(F)c(F)c(C(F)(F)F)c1F.[Co]. The van der Waals surface area contributed by atoms with E-state index < -0.39 is 35.0 Å². The molecule has 0 heterocycles. The first-order valence-electron chi connectivity index (χ1n) is 7.57. The van der Waals surface area contributed by atoms with E-state index in [1.165, 1.54) is 0 Å². The molecule has 0 bridgehead atoms. The van der Waals surface area contributed by atoms with Crippen LogP contribution in [0.25, 0.3) is 0 Å². The second kappa shape index (κ2) is 17.4. The number of hydrogen-bond acceptors (Lipinski definition) is 0. The van der Waals surface area contributed by atoms with Crippen LogP contribution < -0.4 is 0 Å². The van der Waals surface area contributed by atoms with Crippen molar-refractivity contribution in [3.05, 3.63) is 34.9 Å². The molecular weight excluding hydrogens is 477 g/mol. The monoisotopic (exact) mass is 507 g/mol. The van der Waals surface area contributed by atoms with Crippen molar-refractivity contribution in [2.24, 2.45) is 0 Å². The van der Waals surface area contributed by atoms with Gasteiger partial charge in [-0.05, 0) is 23.8 Å². The first kappa shape index (κ1) is 35.0. The molecular formula is C16H30CoF7P3+2. The minimum atomic E-state index is -5.50. The first-order valence-corrected chi connectivity index (χ1v) is 16.6. The second-order valence-corrected chi connectivity index (χ2v) is 15.8. The van der Waals surface area contributed by atoms with Crippen molar-refractivity contribution in [2.45, 2.75) is 6.18 Å². The van der Waals surface area contributed by atoms with Crippen molar-refractivity contribution < 1.29 is 47.5 Å². The molecule has 0 aromatic heterocycles. The average Bonchev–Trinajstić information content (AvgIpc) is 2.32. The van der Waals surface area contributed by atoms with Crippen LogP contribution in [0.15, 0.2) is 0 Å². The van der Waals surface area contributed by atoms with Crippen LogP contribution in [-0.2, 0) is 23.0 Å². The first-order chi connectivity index (χ1) is 11.4. The summed E-state index contributed by atoms with van der Waals surface area (Å²) in [5.41, 5.74) is -2.59. The molecule has 0 saturated heterocycles. The van der Waals surface area contributed by atoms with Crippen LogP contribution in [0.4, 0.5) is 30.7 Å². The van der Waals surface area contributed by atoms with Gasteiger partial charge in [0.2, 0.25) is 0 Å². The summed E-state index contributed by atoms with van der Waals surface area (Å²) in [7, 11) is 0.361. The normalized spacial score (nSPS) is 10.2. The Kier molecular flexibility index (Phi) is 22.5. The zero-order valence-electron chi connectivity index (χ0n) is 17.0. The quantitative estimate of drug-likeness (QED) is 0.167. The molecule has 0 aliphatic heterocycles. The van der Waals surface area contributed by atoms with Gasteiger partial charge in [-0.1, -0.05) is 0 Å². The molecule has 0 spiro atoms. The summed E-state index contributed by atoms with van der Waals surface area (Å²) >= 11 is 0. The summed E-state index contributed by atoms with van der Waals surface area (Å²) in [4.78, 5) is 0. The molecule has 27 heavy (non-hydrogen) atoms. The van der Waals surface area contributed by atoms with E-state index in [0.717, 1.165) is 6.07 Å². The number of benzene rings is 1. The van der Waals surface area contributed by atoms with Gasteiger partial charge in [0.05, 0.1) is 11.6 Å². The molecule has 0 N–H and O–H groups in total. The Balaban J connectivity index is -0.000000169. The van der Waals surface area contributed by atoms with E-state index in [0.29, 0.717) is 0 Å². The third kappa shape index (κ3) is 22.7. The largest absolute Gasteiger partial charge is 0.400 e. The van der Waals surface area contributed by atoms with Gasteiger partial charge in [-0.15, -0.1) is 6.07 Å². The van der Waals surface area contributed by atoms with E-state index in [-0.39, 0.29) is 40.5 Å². The molecule has 0 unspecified atom stereocenters. The minimum absolute atomic E-state index is 0. The molecule has 0 fully saturated rings. The van der Waals surface area contributed by atoms with Gasteiger partial charge < -0.3 is 0 Å². The van der Waals surface area contributed by atoms with Crippen LogP contribution in [0.5, 0.6) is 0 Å². The molecule has 0 amide bonds. The van der Waals surface area contributed by atoms with Crippen LogP contribution in [0.1, 0.15) is 5.56 Å². The van der Waals surface area contributed by atoms with Crippen molar-refractivity contribution in [2.75, 3.05) is 60.0 Å². The number of rotatable bonds is 0. The van der Waals surface area contributed by atoms with Crippen LogP contribution in [0, 0.1) is 29.3 Å². The maximum absolute atomic E-state index is 12.4. The number of alkyl halides is 3. The zero-order chi connectivity index (χ0) is 21.8. The van der Waals surface area contributed by atoms with Gasteiger partial charge in [0, 0.05) is 94.0 Å². The average molecular weight is 507 g/mol. The van der Waals surface area contributed by atoms with Crippen molar-refractivity contribution >= 4 is 23.8 Å². The summed E-state index contributed by atoms with van der Waals surface area (Å²) in [6.07, 6.45) is -5.50. The molecule has 165 valence electrons.